The van der Waals surface area contributed by atoms with Crippen molar-refractivity contribution < 1.29 is 9.53 Å². The third-order valence-electron chi connectivity index (χ3n) is 2.80. The minimum atomic E-state index is 0.251. The molecule has 1 aliphatic carbocycles. The van der Waals surface area contributed by atoms with Crippen LogP contribution in [0, 0.1) is 5.92 Å². The smallest absolute Gasteiger partial charge is 0.176 e. The number of methoxy groups -OCH3 is 1. The largest absolute Gasteiger partial charge is 0.495 e. The Morgan fingerprint density at radius 3 is 3.00 bits per heavy atom. The average Bonchev–Trinajstić information content (AvgIpc) is 2.58. The van der Waals surface area contributed by atoms with Gasteiger partial charge in [-0.1, -0.05) is 19.3 Å². The van der Waals surface area contributed by atoms with E-state index in [0.29, 0.717) is 12.3 Å². The molecule has 0 unspecified atom stereocenters. The molecule has 0 bridgehead atoms. The molecule has 76 valence electrons. The van der Waals surface area contributed by atoms with E-state index in [2.05, 4.69) is 0 Å². The van der Waals surface area contributed by atoms with Crippen LogP contribution < -0.4 is 4.74 Å². The zero-order chi connectivity index (χ0) is 9.97. The molecule has 1 heterocycles. The van der Waals surface area contributed by atoms with E-state index in [4.69, 9.17) is 4.74 Å². The molecular weight excluding hydrogens is 196 g/mol. The van der Waals surface area contributed by atoms with Crippen molar-refractivity contribution in [2.75, 3.05) is 7.11 Å². The normalized spacial score (nSPS) is 16.4. The van der Waals surface area contributed by atoms with Crippen LogP contribution in [0.15, 0.2) is 11.4 Å². The first-order valence-electron chi connectivity index (χ1n) is 4.96. The molecule has 3 heteroatoms. The van der Waals surface area contributed by atoms with Crippen LogP contribution in [0.25, 0.3) is 0 Å². The van der Waals surface area contributed by atoms with E-state index in [9.17, 15) is 4.79 Å². The van der Waals surface area contributed by atoms with E-state index < -0.39 is 0 Å². The van der Waals surface area contributed by atoms with Crippen LogP contribution in [0.5, 0.6) is 5.75 Å². The van der Waals surface area contributed by atoms with E-state index in [1.807, 2.05) is 11.4 Å². The van der Waals surface area contributed by atoms with E-state index >= 15 is 0 Å². The Morgan fingerprint density at radius 1 is 1.64 bits per heavy atom. The lowest BCUT2D eigenvalue weighted by molar-refractivity contribution is 0.0938. The highest BCUT2D eigenvalue weighted by Gasteiger charge is 2.23. The molecule has 0 aromatic carbocycles. The zero-order valence-electron chi connectivity index (χ0n) is 8.29. The van der Waals surface area contributed by atoms with Crippen LogP contribution in [-0.2, 0) is 0 Å². The second-order valence-electron chi connectivity index (χ2n) is 3.74. The summed E-state index contributed by atoms with van der Waals surface area (Å²) in [7, 11) is 1.61. The lowest BCUT2D eigenvalue weighted by Crippen LogP contribution is -2.15. The summed E-state index contributed by atoms with van der Waals surface area (Å²) in [5.41, 5.74) is 0. The van der Waals surface area contributed by atoms with Crippen molar-refractivity contribution in [3.63, 3.8) is 0 Å². The molecule has 1 aromatic heterocycles. The van der Waals surface area contributed by atoms with E-state index in [-0.39, 0.29) is 5.78 Å². The van der Waals surface area contributed by atoms with Gasteiger partial charge in [-0.2, -0.15) is 0 Å². The van der Waals surface area contributed by atoms with Gasteiger partial charge < -0.3 is 4.74 Å². The fourth-order valence-corrected chi connectivity index (χ4v) is 2.52. The zero-order valence-corrected chi connectivity index (χ0v) is 9.10. The number of hydrogen-bond acceptors (Lipinski definition) is 3. The molecule has 0 amide bonds. The van der Waals surface area contributed by atoms with Crippen LogP contribution in [0.4, 0.5) is 0 Å². The second-order valence-corrected chi connectivity index (χ2v) is 4.66. The van der Waals surface area contributed by atoms with Crippen molar-refractivity contribution in [1.29, 1.82) is 0 Å². The summed E-state index contributed by atoms with van der Waals surface area (Å²) in [6.07, 6.45) is 4.44. The van der Waals surface area contributed by atoms with Crippen LogP contribution in [0.1, 0.15) is 35.4 Å². The van der Waals surface area contributed by atoms with E-state index in [0.717, 1.165) is 10.6 Å². The lowest BCUT2D eigenvalue weighted by atomic mass is 9.81. The molecule has 14 heavy (non-hydrogen) atoms. The number of carbonyl (C=O) groups excluding carboxylic acids is 1. The number of ether oxygens (including phenoxy) is 1. The fourth-order valence-electron chi connectivity index (χ4n) is 1.71. The van der Waals surface area contributed by atoms with Crippen molar-refractivity contribution in [3.05, 3.63) is 16.3 Å². The highest BCUT2D eigenvalue weighted by atomic mass is 32.1. The van der Waals surface area contributed by atoms with Crippen molar-refractivity contribution in [3.8, 4) is 5.75 Å². The standard InChI is InChI=1S/C11H14O2S/c1-13-10-5-6-14-11(10)9(12)7-8-3-2-4-8/h5-6,8H,2-4,7H2,1H3. The molecule has 0 saturated heterocycles. The molecule has 1 fully saturated rings. The predicted molar refractivity (Wildman–Crippen MR) is 57.2 cm³/mol. The number of carbonyl (C=O) groups is 1. The summed E-state index contributed by atoms with van der Waals surface area (Å²) in [5, 5.41) is 1.91. The highest BCUT2D eigenvalue weighted by molar-refractivity contribution is 7.12. The summed E-state index contributed by atoms with van der Waals surface area (Å²) in [6.45, 7) is 0. The first-order valence-corrected chi connectivity index (χ1v) is 5.84. The summed E-state index contributed by atoms with van der Waals surface area (Å²) in [4.78, 5) is 12.6. The number of Topliss-reactive ketones (excluding diaryl/α,β-unsaturated/α-hetero) is 1. The van der Waals surface area contributed by atoms with Crippen molar-refractivity contribution in [2.45, 2.75) is 25.7 Å². The van der Waals surface area contributed by atoms with Crippen LogP contribution >= 0.6 is 11.3 Å². The maximum Gasteiger partial charge on any atom is 0.176 e. The third kappa shape index (κ3) is 1.82. The molecule has 0 atom stereocenters. The number of hydrogen-bond donors (Lipinski definition) is 0. The van der Waals surface area contributed by atoms with Gasteiger partial charge in [0, 0.05) is 6.42 Å². The van der Waals surface area contributed by atoms with Gasteiger partial charge in [-0.3, -0.25) is 4.79 Å². The van der Waals surface area contributed by atoms with Gasteiger partial charge in [0.2, 0.25) is 0 Å². The molecule has 1 aliphatic rings. The summed E-state index contributed by atoms with van der Waals surface area (Å²) in [6, 6.07) is 1.86. The Hall–Kier alpha value is -0.830. The van der Waals surface area contributed by atoms with Gasteiger partial charge in [-0.25, -0.2) is 0 Å². The highest BCUT2D eigenvalue weighted by Crippen LogP contribution is 2.33. The molecule has 0 spiro atoms. The monoisotopic (exact) mass is 210 g/mol. The average molecular weight is 210 g/mol. The minimum absolute atomic E-state index is 0.251. The maximum atomic E-state index is 11.8. The fraction of sp³-hybridized carbons (Fsp3) is 0.545. The summed E-state index contributed by atoms with van der Waals surface area (Å²) >= 11 is 1.48. The van der Waals surface area contributed by atoms with Crippen LogP contribution in [0.3, 0.4) is 0 Å². The topological polar surface area (TPSA) is 26.3 Å². The Labute approximate surface area is 87.9 Å². The van der Waals surface area contributed by atoms with Crippen molar-refractivity contribution in [2.24, 2.45) is 5.92 Å². The number of thiophene rings is 1. The van der Waals surface area contributed by atoms with Gasteiger partial charge in [0.05, 0.1) is 7.11 Å². The molecule has 0 aliphatic heterocycles. The van der Waals surface area contributed by atoms with Crippen molar-refractivity contribution >= 4 is 17.1 Å². The molecule has 0 N–H and O–H groups in total. The number of ketones is 1. The van der Waals surface area contributed by atoms with Crippen molar-refractivity contribution in [1.82, 2.24) is 0 Å². The molecule has 1 aromatic rings. The number of rotatable bonds is 4. The molecule has 2 rings (SSSR count). The maximum absolute atomic E-state index is 11.8. The summed E-state index contributed by atoms with van der Waals surface area (Å²) in [5.74, 6) is 1.62. The van der Waals surface area contributed by atoms with Gasteiger partial charge >= 0.3 is 0 Å². The first kappa shape index (κ1) is 9.71. The minimum Gasteiger partial charge on any atom is -0.495 e. The van der Waals surface area contributed by atoms with Gasteiger partial charge in [-0.15, -0.1) is 11.3 Å². The quantitative estimate of drug-likeness (QED) is 0.714. The summed E-state index contributed by atoms with van der Waals surface area (Å²) < 4.78 is 5.13. The van der Waals surface area contributed by atoms with E-state index in [1.54, 1.807) is 7.11 Å². The van der Waals surface area contributed by atoms with E-state index in [1.165, 1.54) is 30.6 Å². The SMILES string of the molecule is COc1ccsc1C(=O)CC1CCC1. The van der Waals surface area contributed by atoms with Gasteiger partial charge in [-0.05, 0) is 17.4 Å². The predicted octanol–water partition coefficient (Wildman–Crippen LogP) is 3.13. The van der Waals surface area contributed by atoms with Gasteiger partial charge in [0.25, 0.3) is 0 Å². The molecule has 2 nitrogen and oxygen atoms in total. The Morgan fingerprint density at radius 2 is 2.43 bits per heavy atom. The molecular formula is C11H14O2S. The first-order chi connectivity index (χ1) is 6.81. The Bertz CT molecular complexity index is 326. The third-order valence-corrected chi connectivity index (χ3v) is 3.74. The Kier molecular flexibility index (Phi) is 2.87. The Balaban J connectivity index is 2.02. The van der Waals surface area contributed by atoms with Crippen LogP contribution in [-0.4, -0.2) is 12.9 Å². The molecule has 0 radical (unpaired) electrons. The van der Waals surface area contributed by atoms with Gasteiger partial charge in [0.15, 0.2) is 5.78 Å². The van der Waals surface area contributed by atoms with Crippen LogP contribution in [0.2, 0.25) is 0 Å². The molecule has 1 saturated carbocycles. The second kappa shape index (κ2) is 4.13. The van der Waals surface area contributed by atoms with Gasteiger partial charge in [0.1, 0.15) is 10.6 Å². The lowest BCUT2D eigenvalue weighted by Gasteiger charge is -2.24.